The molecule has 0 fully saturated rings. The summed E-state index contributed by atoms with van der Waals surface area (Å²) < 4.78 is 0. The molecule has 0 spiro atoms. The van der Waals surface area contributed by atoms with Gasteiger partial charge in [0.05, 0.1) is 12.0 Å². The maximum absolute atomic E-state index is 11.0. The number of aryl methyl sites for hydroxylation is 1. The van der Waals surface area contributed by atoms with E-state index in [1.165, 1.54) is 0 Å². The molecule has 92 valence electrons. The number of carboxylic acids is 2. The Kier molecular flexibility index (Phi) is 3.56. The number of carboxylic acid groups (broad SMARTS) is 2. The molecule has 17 heavy (non-hydrogen) atoms. The molecule has 0 saturated heterocycles. The number of aromatic carboxylic acids is 1. The molecule has 0 heterocycles. The predicted octanol–water partition coefficient (Wildman–Crippen LogP) is 2.45. The minimum absolute atomic E-state index is 0.0326. The number of hydrogen-bond acceptors (Lipinski definition) is 2. The van der Waals surface area contributed by atoms with Gasteiger partial charge in [-0.05, 0) is 24.1 Å². The fourth-order valence-corrected chi connectivity index (χ4v) is 1.75. The molecule has 4 nitrogen and oxygen atoms in total. The number of hydrogen-bond donors (Lipinski definition) is 2. The van der Waals surface area contributed by atoms with Crippen molar-refractivity contribution in [3.63, 3.8) is 0 Å². The zero-order valence-electron chi connectivity index (χ0n) is 10.2. The molecule has 0 aliphatic heterocycles. The van der Waals surface area contributed by atoms with E-state index in [0.29, 0.717) is 5.56 Å². The first-order chi connectivity index (χ1) is 7.74. The molecular formula is C13H16O4. The first-order valence-electron chi connectivity index (χ1n) is 5.30. The molecule has 0 aliphatic carbocycles. The average molecular weight is 236 g/mol. The maximum Gasteiger partial charge on any atom is 0.335 e. The summed E-state index contributed by atoms with van der Waals surface area (Å²) in [6, 6.07) is 5.05. The zero-order valence-corrected chi connectivity index (χ0v) is 10.2. The summed E-state index contributed by atoms with van der Waals surface area (Å²) in [5, 5.41) is 17.8. The van der Waals surface area contributed by atoms with E-state index in [4.69, 9.17) is 10.2 Å². The Balaban J connectivity index is 3.19. The van der Waals surface area contributed by atoms with Gasteiger partial charge in [-0.15, -0.1) is 0 Å². The molecule has 0 atom stereocenters. The van der Waals surface area contributed by atoms with E-state index in [-0.39, 0.29) is 12.0 Å². The van der Waals surface area contributed by atoms with Crippen LogP contribution in [0.25, 0.3) is 0 Å². The number of benzene rings is 1. The first kappa shape index (κ1) is 13.2. The first-order valence-corrected chi connectivity index (χ1v) is 5.30. The van der Waals surface area contributed by atoms with Crippen molar-refractivity contribution in [2.75, 3.05) is 0 Å². The van der Waals surface area contributed by atoms with Gasteiger partial charge in [0.15, 0.2) is 0 Å². The fraction of sp³-hybridized carbons (Fsp3) is 0.385. The van der Waals surface area contributed by atoms with Crippen LogP contribution in [0.2, 0.25) is 0 Å². The molecule has 0 aliphatic rings. The van der Waals surface area contributed by atoms with Gasteiger partial charge in [0.25, 0.3) is 0 Å². The zero-order chi connectivity index (χ0) is 13.2. The lowest BCUT2D eigenvalue weighted by Gasteiger charge is -2.23. The molecule has 0 bridgehead atoms. The molecule has 2 N–H and O–H groups in total. The van der Waals surface area contributed by atoms with Crippen LogP contribution in [0.5, 0.6) is 0 Å². The van der Waals surface area contributed by atoms with Crippen molar-refractivity contribution in [1.82, 2.24) is 0 Å². The van der Waals surface area contributed by atoms with Crippen LogP contribution < -0.4 is 0 Å². The van der Waals surface area contributed by atoms with Gasteiger partial charge in [-0.1, -0.05) is 26.0 Å². The number of carbonyl (C=O) groups is 2. The van der Waals surface area contributed by atoms with Crippen molar-refractivity contribution in [2.45, 2.75) is 32.6 Å². The minimum Gasteiger partial charge on any atom is -0.481 e. The van der Waals surface area contributed by atoms with E-state index >= 15 is 0 Å². The van der Waals surface area contributed by atoms with Crippen molar-refractivity contribution in [1.29, 1.82) is 0 Å². The van der Waals surface area contributed by atoms with Gasteiger partial charge in [0.2, 0.25) is 0 Å². The Morgan fingerprint density at radius 2 is 1.82 bits per heavy atom. The highest BCUT2D eigenvalue weighted by atomic mass is 16.4. The summed E-state index contributed by atoms with van der Waals surface area (Å²) in [5.74, 6) is -1.89. The molecule has 1 rings (SSSR count). The third-order valence-electron chi connectivity index (χ3n) is 2.84. The SMILES string of the molecule is Cc1ccc(C(C)(C)CC(=O)O)cc1C(=O)O. The second kappa shape index (κ2) is 4.57. The van der Waals surface area contributed by atoms with E-state index in [2.05, 4.69) is 0 Å². The van der Waals surface area contributed by atoms with Gasteiger partial charge < -0.3 is 10.2 Å². The molecular weight excluding hydrogens is 220 g/mol. The van der Waals surface area contributed by atoms with Crippen molar-refractivity contribution >= 4 is 11.9 Å². The van der Waals surface area contributed by atoms with Crippen molar-refractivity contribution < 1.29 is 19.8 Å². The topological polar surface area (TPSA) is 74.6 Å². The highest BCUT2D eigenvalue weighted by molar-refractivity contribution is 5.89. The molecule has 0 amide bonds. The normalized spacial score (nSPS) is 11.2. The smallest absolute Gasteiger partial charge is 0.335 e. The standard InChI is InChI=1S/C13H16O4/c1-8-4-5-9(6-10(8)12(16)17)13(2,3)7-11(14)15/h4-6H,7H2,1-3H3,(H,14,15)(H,16,17). The Hall–Kier alpha value is -1.84. The second-order valence-corrected chi connectivity index (χ2v) is 4.79. The largest absolute Gasteiger partial charge is 0.481 e. The lowest BCUT2D eigenvalue weighted by Crippen LogP contribution is -2.22. The summed E-state index contributed by atoms with van der Waals surface area (Å²) >= 11 is 0. The Labute approximate surface area is 99.9 Å². The van der Waals surface area contributed by atoms with E-state index < -0.39 is 17.4 Å². The summed E-state index contributed by atoms with van der Waals surface area (Å²) in [7, 11) is 0. The maximum atomic E-state index is 11.0. The highest BCUT2D eigenvalue weighted by Crippen LogP contribution is 2.28. The van der Waals surface area contributed by atoms with Gasteiger partial charge in [-0.2, -0.15) is 0 Å². The summed E-state index contributed by atoms with van der Waals surface area (Å²) in [5.41, 5.74) is 1.04. The van der Waals surface area contributed by atoms with E-state index in [1.807, 2.05) is 0 Å². The quantitative estimate of drug-likeness (QED) is 0.842. The third kappa shape index (κ3) is 3.06. The molecule has 0 unspecified atom stereocenters. The Morgan fingerprint density at radius 1 is 1.24 bits per heavy atom. The number of rotatable bonds is 4. The summed E-state index contributed by atoms with van der Waals surface area (Å²) in [6.07, 6.45) is -0.0326. The van der Waals surface area contributed by atoms with Gasteiger partial charge in [0.1, 0.15) is 0 Å². The summed E-state index contributed by atoms with van der Waals surface area (Å²) in [4.78, 5) is 21.8. The van der Waals surface area contributed by atoms with Gasteiger partial charge in [0, 0.05) is 5.41 Å². The van der Waals surface area contributed by atoms with E-state index in [9.17, 15) is 9.59 Å². The lowest BCUT2D eigenvalue weighted by molar-refractivity contribution is -0.138. The molecule has 1 aromatic rings. The molecule has 0 radical (unpaired) electrons. The highest BCUT2D eigenvalue weighted by Gasteiger charge is 2.25. The Morgan fingerprint density at radius 3 is 2.29 bits per heavy atom. The van der Waals surface area contributed by atoms with Crippen molar-refractivity contribution in [3.8, 4) is 0 Å². The van der Waals surface area contributed by atoms with Crippen LogP contribution in [0.1, 0.15) is 41.8 Å². The van der Waals surface area contributed by atoms with Crippen LogP contribution in [0.15, 0.2) is 18.2 Å². The molecule has 0 aromatic heterocycles. The second-order valence-electron chi connectivity index (χ2n) is 4.79. The monoisotopic (exact) mass is 236 g/mol. The molecule has 1 aromatic carbocycles. The van der Waals surface area contributed by atoms with Gasteiger partial charge in [-0.25, -0.2) is 4.79 Å². The van der Waals surface area contributed by atoms with Gasteiger partial charge >= 0.3 is 11.9 Å². The molecule has 0 saturated carbocycles. The van der Waals surface area contributed by atoms with Crippen LogP contribution in [0, 0.1) is 6.92 Å². The van der Waals surface area contributed by atoms with E-state index in [0.717, 1.165) is 5.56 Å². The number of aliphatic carboxylic acids is 1. The van der Waals surface area contributed by atoms with Crippen molar-refractivity contribution in [2.24, 2.45) is 0 Å². The summed E-state index contributed by atoms with van der Waals surface area (Å²) in [6.45, 7) is 5.30. The van der Waals surface area contributed by atoms with Crippen molar-refractivity contribution in [3.05, 3.63) is 34.9 Å². The average Bonchev–Trinajstić information content (AvgIpc) is 2.15. The predicted molar refractivity (Wildman–Crippen MR) is 63.4 cm³/mol. The fourth-order valence-electron chi connectivity index (χ4n) is 1.75. The Bertz CT molecular complexity index is 460. The van der Waals surface area contributed by atoms with Crippen LogP contribution in [-0.4, -0.2) is 22.2 Å². The lowest BCUT2D eigenvalue weighted by atomic mass is 9.80. The third-order valence-corrected chi connectivity index (χ3v) is 2.84. The van der Waals surface area contributed by atoms with Crippen LogP contribution in [0.3, 0.4) is 0 Å². The minimum atomic E-state index is -0.990. The van der Waals surface area contributed by atoms with Crippen LogP contribution in [0.4, 0.5) is 0 Å². The van der Waals surface area contributed by atoms with Crippen LogP contribution >= 0.6 is 0 Å². The van der Waals surface area contributed by atoms with E-state index in [1.54, 1.807) is 39.0 Å². The van der Waals surface area contributed by atoms with Gasteiger partial charge in [-0.3, -0.25) is 4.79 Å². The van der Waals surface area contributed by atoms with Crippen LogP contribution in [-0.2, 0) is 10.2 Å². The molecule has 4 heteroatoms.